The molecule has 9 nitrogen and oxygen atoms in total. The number of carbonyl (C=O) groups is 2. The molecule has 1 amide bonds. The number of sulfone groups is 1. The van der Waals surface area contributed by atoms with E-state index in [1.54, 1.807) is 24.7 Å². The fourth-order valence-electron chi connectivity index (χ4n) is 5.60. The average Bonchev–Trinajstić information content (AvgIpc) is 3.86. The Kier molecular flexibility index (Phi) is 10.1. The zero-order valence-electron chi connectivity index (χ0n) is 23.6. The number of nitrogens with one attached hydrogen (secondary N) is 1. The number of nitrogens with zero attached hydrogens (tertiary/aromatic N) is 1. The van der Waals surface area contributed by atoms with Crippen LogP contribution in [0.5, 0.6) is 11.5 Å². The molecule has 2 aliphatic rings. The van der Waals surface area contributed by atoms with Gasteiger partial charge in [0.25, 0.3) is 5.91 Å². The molecule has 0 spiro atoms. The second-order valence-corrected chi connectivity index (χ2v) is 13.1. The van der Waals surface area contributed by atoms with E-state index in [0.29, 0.717) is 56.3 Å². The van der Waals surface area contributed by atoms with Gasteiger partial charge < -0.3 is 14.4 Å². The van der Waals surface area contributed by atoms with Gasteiger partial charge in [0.1, 0.15) is 11.5 Å². The van der Waals surface area contributed by atoms with Crippen LogP contribution in [0, 0.1) is 0 Å². The smallest absolute Gasteiger partial charge is 0.265 e. The largest absolute Gasteiger partial charge is 0.497 e. The van der Waals surface area contributed by atoms with Crippen molar-refractivity contribution in [1.29, 1.82) is 0 Å². The molecule has 1 heterocycles. The summed E-state index contributed by atoms with van der Waals surface area (Å²) in [7, 11) is -2.44. The van der Waals surface area contributed by atoms with Crippen LogP contribution in [0.15, 0.2) is 65.6 Å². The second kappa shape index (κ2) is 13.4. The molecule has 1 aliphatic heterocycles. The maximum atomic E-state index is 13.6. The molecule has 3 aromatic rings. The highest BCUT2D eigenvalue weighted by Gasteiger charge is 2.54. The molecule has 0 unspecified atom stereocenters. The third-order valence-electron chi connectivity index (χ3n) is 8.27. The van der Waals surface area contributed by atoms with Crippen molar-refractivity contribution < 1.29 is 32.7 Å². The Morgan fingerprint density at radius 1 is 0.952 bits per heavy atom. The van der Waals surface area contributed by atoms with E-state index in [1.165, 1.54) is 12.1 Å². The predicted octanol–water partition coefficient (Wildman–Crippen LogP) is 4.98. The van der Waals surface area contributed by atoms with Gasteiger partial charge in [-0.1, -0.05) is 18.2 Å². The molecule has 3 aromatic carbocycles. The molecule has 11 heteroatoms. The zero-order chi connectivity index (χ0) is 29.0. The quantitative estimate of drug-likeness (QED) is 0.126. The van der Waals surface area contributed by atoms with Gasteiger partial charge in [-0.25, -0.2) is 13.9 Å². The molecule has 0 radical (unpaired) electrons. The van der Waals surface area contributed by atoms with Crippen LogP contribution in [0.1, 0.15) is 55.3 Å². The number of rotatable bonds is 12. The maximum Gasteiger partial charge on any atom is 0.265 e. The first kappa shape index (κ1) is 31.7. The van der Waals surface area contributed by atoms with Crippen LogP contribution in [0.4, 0.5) is 0 Å². The molecule has 1 saturated carbocycles. The Morgan fingerprint density at radius 3 is 2.24 bits per heavy atom. The monoisotopic (exact) mass is 616 g/mol. The molecular formula is C31H37ClN2O7S. The molecule has 2 N–H and O–H groups in total. The molecule has 0 bridgehead atoms. The van der Waals surface area contributed by atoms with E-state index < -0.39 is 20.5 Å². The lowest BCUT2D eigenvalue weighted by Crippen LogP contribution is -2.58. The molecule has 42 heavy (non-hydrogen) atoms. The molecule has 2 fully saturated rings. The Morgan fingerprint density at radius 2 is 1.60 bits per heavy atom. The first-order valence-corrected chi connectivity index (χ1v) is 15.5. The Hall–Kier alpha value is -3.18. The summed E-state index contributed by atoms with van der Waals surface area (Å²) in [6.45, 7) is 1.37. The maximum absolute atomic E-state index is 13.6. The molecule has 1 saturated heterocycles. The van der Waals surface area contributed by atoms with Gasteiger partial charge in [0.2, 0.25) is 0 Å². The van der Waals surface area contributed by atoms with Gasteiger partial charge in [-0.15, -0.1) is 12.4 Å². The van der Waals surface area contributed by atoms with E-state index >= 15 is 0 Å². The summed E-state index contributed by atoms with van der Waals surface area (Å²) in [5.41, 5.74) is 2.28. The van der Waals surface area contributed by atoms with Crippen molar-refractivity contribution in [2.45, 2.75) is 60.6 Å². The summed E-state index contributed by atoms with van der Waals surface area (Å²) in [5.74, 6) is 0.465. The number of ketones is 1. The number of fused-ring (bicyclic) bond motifs is 1. The van der Waals surface area contributed by atoms with Gasteiger partial charge in [0.15, 0.2) is 20.4 Å². The van der Waals surface area contributed by atoms with Crippen LogP contribution >= 0.6 is 12.4 Å². The van der Waals surface area contributed by atoms with Crippen LogP contribution in [0.25, 0.3) is 10.8 Å². The highest BCUT2D eigenvalue weighted by Crippen LogP contribution is 2.39. The van der Waals surface area contributed by atoms with Crippen molar-refractivity contribution in [3.8, 4) is 11.5 Å². The van der Waals surface area contributed by atoms with Crippen molar-refractivity contribution in [3.05, 3.63) is 66.2 Å². The van der Waals surface area contributed by atoms with Gasteiger partial charge >= 0.3 is 0 Å². The summed E-state index contributed by atoms with van der Waals surface area (Å²) in [5, 5.41) is 11.4. The summed E-state index contributed by atoms with van der Waals surface area (Å²) < 4.78 is 36.6. The number of hydroxylamine groups is 1. The minimum absolute atomic E-state index is 0. The number of carbonyl (C=O) groups excluding carboxylic acids is 2. The van der Waals surface area contributed by atoms with Crippen LogP contribution in [0.2, 0.25) is 0 Å². The number of Topliss-reactive ketones (excluding diaryl/α,β-unsaturated/α-hetero) is 1. The van der Waals surface area contributed by atoms with Crippen molar-refractivity contribution in [2.24, 2.45) is 0 Å². The molecule has 5 rings (SSSR count). The van der Waals surface area contributed by atoms with Crippen molar-refractivity contribution >= 4 is 44.7 Å². The van der Waals surface area contributed by atoms with E-state index in [9.17, 15) is 23.2 Å². The van der Waals surface area contributed by atoms with Crippen LogP contribution < -0.4 is 15.0 Å². The number of ether oxygens (including phenoxy) is 2. The van der Waals surface area contributed by atoms with Gasteiger partial charge in [0, 0.05) is 31.1 Å². The van der Waals surface area contributed by atoms with Gasteiger partial charge in [-0.2, -0.15) is 0 Å². The fraction of sp³-hybridized carbons (Fsp3) is 0.419. The average molecular weight is 617 g/mol. The number of hydrogen-bond acceptors (Lipinski definition) is 8. The SMILES string of the molecule is COc1ccc2cc(C(=O)CCCCOc3ccc(S(=O)(=O)C4(C(=O)NO)CCN(C5CC5)CC4)cc3)ccc2c1.Cl. The first-order valence-electron chi connectivity index (χ1n) is 14.0. The number of piperidine rings is 1. The lowest BCUT2D eigenvalue weighted by Gasteiger charge is -2.39. The minimum atomic E-state index is -4.06. The van der Waals surface area contributed by atoms with Crippen LogP contribution in [-0.4, -0.2) is 67.8 Å². The number of unbranched alkanes of at least 4 members (excludes halogenated alkanes) is 1. The Labute approximate surface area is 252 Å². The third-order valence-corrected chi connectivity index (χ3v) is 10.8. The number of methoxy groups -OCH3 is 1. The van der Waals surface area contributed by atoms with Gasteiger partial charge in [-0.05, 0) is 91.8 Å². The summed E-state index contributed by atoms with van der Waals surface area (Å²) in [6.07, 6.45) is 4.17. The third kappa shape index (κ3) is 6.57. The van der Waals surface area contributed by atoms with Gasteiger partial charge in [0.05, 0.1) is 18.6 Å². The predicted molar refractivity (Wildman–Crippen MR) is 162 cm³/mol. The lowest BCUT2D eigenvalue weighted by atomic mass is 9.94. The van der Waals surface area contributed by atoms with Crippen molar-refractivity contribution in [1.82, 2.24) is 10.4 Å². The minimum Gasteiger partial charge on any atom is -0.497 e. The van der Waals surface area contributed by atoms with E-state index in [0.717, 1.165) is 29.4 Å². The number of halogens is 1. The summed E-state index contributed by atoms with van der Waals surface area (Å²) in [4.78, 5) is 27.6. The Balaban J connectivity index is 0.00000405. The van der Waals surface area contributed by atoms with Crippen LogP contribution in [-0.2, 0) is 14.6 Å². The highest BCUT2D eigenvalue weighted by atomic mass is 35.5. The zero-order valence-corrected chi connectivity index (χ0v) is 25.2. The van der Waals surface area contributed by atoms with Crippen molar-refractivity contribution in [3.63, 3.8) is 0 Å². The highest BCUT2D eigenvalue weighted by molar-refractivity contribution is 7.93. The van der Waals surface area contributed by atoms with Crippen molar-refractivity contribution in [2.75, 3.05) is 26.8 Å². The number of hydrogen-bond donors (Lipinski definition) is 2. The lowest BCUT2D eigenvalue weighted by molar-refractivity contribution is -0.133. The fourth-order valence-corrected chi connectivity index (χ4v) is 7.55. The van der Waals surface area contributed by atoms with E-state index in [1.807, 2.05) is 36.4 Å². The molecule has 0 aromatic heterocycles. The molecular weight excluding hydrogens is 580 g/mol. The number of amides is 1. The van der Waals surface area contributed by atoms with E-state index in [4.69, 9.17) is 9.47 Å². The second-order valence-electron chi connectivity index (χ2n) is 10.8. The Bertz CT molecular complexity index is 1520. The summed E-state index contributed by atoms with van der Waals surface area (Å²) >= 11 is 0. The number of likely N-dealkylation sites (tertiary alicyclic amines) is 1. The summed E-state index contributed by atoms with van der Waals surface area (Å²) in [6, 6.07) is 17.9. The molecule has 226 valence electrons. The first-order chi connectivity index (χ1) is 19.8. The topological polar surface area (TPSA) is 122 Å². The number of benzene rings is 3. The van der Waals surface area contributed by atoms with Crippen LogP contribution in [0.3, 0.4) is 0 Å². The van der Waals surface area contributed by atoms with Gasteiger partial charge in [-0.3, -0.25) is 14.8 Å². The standard InChI is InChI=1S/C31H36N2O7S.ClH/c1-39-27-10-7-22-20-24(6-5-23(22)21-27)29(34)4-2-3-19-40-26-11-13-28(14-12-26)41(37,38)31(30(35)32-36)15-17-33(18-16-31)25-8-9-25;/h5-7,10-14,20-21,25,36H,2-4,8-9,15-19H2,1H3,(H,32,35);1H. The molecule has 1 aliphatic carbocycles. The van der Waals surface area contributed by atoms with E-state index in [-0.39, 0.29) is 35.9 Å². The van der Waals surface area contributed by atoms with E-state index in [2.05, 4.69) is 4.90 Å². The normalized spacial score (nSPS) is 16.8. The molecule has 0 atom stereocenters.